The van der Waals surface area contributed by atoms with Crippen molar-refractivity contribution >= 4 is 6.08 Å². The maximum atomic E-state index is 4.82. The van der Waals surface area contributed by atoms with Crippen LogP contribution in [-0.4, -0.2) is 5.16 Å². The SMILES string of the molecule is CC(C)=Cc1ccno1. The number of nitrogens with zero attached hydrogens (tertiary/aromatic N) is 1. The monoisotopic (exact) mass is 123 g/mol. The van der Waals surface area contributed by atoms with E-state index in [1.165, 1.54) is 5.57 Å². The molecule has 0 aromatic carbocycles. The van der Waals surface area contributed by atoms with Crippen LogP contribution in [0.2, 0.25) is 0 Å². The predicted molar refractivity (Wildman–Crippen MR) is 35.8 cm³/mol. The molecule has 1 aromatic rings. The summed E-state index contributed by atoms with van der Waals surface area (Å²) in [5, 5.41) is 3.56. The highest BCUT2D eigenvalue weighted by Gasteiger charge is 1.87. The molecule has 0 fully saturated rings. The Morgan fingerprint density at radius 3 is 2.89 bits per heavy atom. The molecule has 0 aliphatic heterocycles. The second-order valence-electron chi connectivity index (χ2n) is 2.14. The molecule has 0 saturated heterocycles. The van der Waals surface area contributed by atoms with Crippen molar-refractivity contribution in [1.82, 2.24) is 5.16 Å². The van der Waals surface area contributed by atoms with Gasteiger partial charge in [0, 0.05) is 6.07 Å². The standard InChI is InChI=1S/C7H9NO/c1-6(2)5-7-3-4-8-9-7/h3-5H,1-2H3. The van der Waals surface area contributed by atoms with Crippen LogP contribution in [0.1, 0.15) is 19.6 Å². The van der Waals surface area contributed by atoms with Crippen molar-refractivity contribution in [3.05, 3.63) is 23.6 Å². The van der Waals surface area contributed by atoms with Crippen LogP contribution in [0.5, 0.6) is 0 Å². The fourth-order valence-electron chi connectivity index (χ4n) is 0.585. The lowest BCUT2D eigenvalue weighted by Crippen LogP contribution is -1.63. The van der Waals surface area contributed by atoms with E-state index in [9.17, 15) is 0 Å². The van der Waals surface area contributed by atoms with Crippen molar-refractivity contribution in [2.75, 3.05) is 0 Å². The van der Waals surface area contributed by atoms with Gasteiger partial charge in [-0.3, -0.25) is 0 Å². The maximum absolute atomic E-state index is 4.82. The van der Waals surface area contributed by atoms with Gasteiger partial charge < -0.3 is 4.52 Å². The second kappa shape index (κ2) is 2.49. The largest absolute Gasteiger partial charge is 0.357 e. The van der Waals surface area contributed by atoms with Gasteiger partial charge in [0.25, 0.3) is 0 Å². The second-order valence-corrected chi connectivity index (χ2v) is 2.14. The minimum Gasteiger partial charge on any atom is -0.357 e. The molecule has 1 aromatic heterocycles. The Balaban J connectivity index is 2.80. The fraction of sp³-hybridized carbons (Fsp3) is 0.286. The molecule has 48 valence electrons. The van der Waals surface area contributed by atoms with Crippen LogP contribution in [-0.2, 0) is 0 Å². The average molecular weight is 123 g/mol. The third-order valence-corrected chi connectivity index (χ3v) is 0.889. The Morgan fingerprint density at radius 2 is 2.44 bits per heavy atom. The first-order chi connectivity index (χ1) is 4.29. The van der Waals surface area contributed by atoms with E-state index in [1.807, 2.05) is 26.0 Å². The van der Waals surface area contributed by atoms with E-state index >= 15 is 0 Å². The molecule has 1 heterocycles. The zero-order chi connectivity index (χ0) is 6.69. The zero-order valence-electron chi connectivity index (χ0n) is 5.59. The smallest absolute Gasteiger partial charge is 0.159 e. The summed E-state index contributed by atoms with van der Waals surface area (Å²) < 4.78 is 4.82. The summed E-state index contributed by atoms with van der Waals surface area (Å²) in [5.74, 6) is 0.815. The highest BCUT2D eigenvalue weighted by molar-refractivity contribution is 5.44. The minimum absolute atomic E-state index is 0.815. The molecule has 2 heteroatoms. The molecule has 0 atom stereocenters. The molecule has 0 aliphatic carbocycles. The number of allylic oxidation sites excluding steroid dienone is 1. The van der Waals surface area contributed by atoms with Crippen LogP contribution in [0, 0.1) is 0 Å². The highest BCUT2D eigenvalue weighted by atomic mass is 16.5. The first kappa shape index (κ1) is 6.08. The van der Waals surface area contributed by atoms with Crippen molar-refractivity contribution in [2.45, 2.75) is 13.8 Å². The van der Waals surface area contributed by atoms with Crippen LogP contribution in [0.15, 0.2) is 22.4 Å². The van der Waals surface area contributed by atoms with Gasteiger partial charge in [0.2, 0.25) is 0 Å². The van der Waals surface area contributed by atoms with E-state index in [1.54, 1.807) is 6.20 Å². The lowest BCUT2D eigenvalue weighted by atomic mass is 10.3. The van der Waals surface area contributed by atoms with Gasteiger partial charge in [0.15, 0.2) is 5.76 Å². The van der Waals surface area contributed by atoms with Crippen LogP contribution in [0.4, 0.5) is 0 Å². The van der Waals surface area contributed by atoms with E-state index in [-0.39, 0.29) is 0 Å². The first-order valence-electron chi connectivity index (χ1n) is 2.84. The molecule has 0 saturated carbocycles. The molecule has 0 amide bonds. The Morgan fingerprint density at radius 1 is 1.67 bits per heavy atom. The number of rotatable bonds is 1. The van der Waals surface area contributed by atoms with Crippen molar-refractivity contribution in [3.63, 3.8) is 0 Å². The molecular weight excluding hydrogens is 114 g/mol. The van der Waals surface area contributed by atoms with E-state index in [4.69, 9.17) is 4.52 Å². The number of aromatic nitrogens is 1. The van der Waals surface area contributed by atoms with Gasteiger partial charge in [-0.1, -0.05) is 10.7 Å². The third kappa shape index (κ3) is 1.72. The van der Waals surface area contributed by atoms with Crippen molar-refractivity contribution in [1.29, 1.82) is 0 Å². The zero-order valence-corrected chi connectivity index (χ0v) is 5.59. The predicted octanol–water partition coefficient (Wildman–Crippen LogP) is 2.10. The normalized spacial score (nSPS) is 9.11. The Kier molecular flexibility index (Phi) is 1.68. The Labute approximate surface area is 54.2 Å². The quantitative estimate of drug-likeness (QED) is 0.571. The fourth-order valence-corrected chi connectivity index (χ4v) is 0.585. The molecule has 0 spiro atoms. The van der Waals surface area contributed by atoms with Gasteiger partial charge in [-0.2, -0.15) is 0 Å². The van der Waals surface area contributed by atoms with Crippen LogP contribution in [0.3, 0.4) is 0 Å². The molecule has 2 nitrogen and oxygen atoms in total. The van der Waals surface area contributed by atoms with Crippen molar-refractivity contribution in [3.8, 4) is 0 Å². The summed E-state index contributed by atoms with van der Waals surface area (Å²) in [6, 6.07) is 1.83. The summed E-state index contributed by atoms with van der Waals surface area (Å²) in [4.78, 5) is 0. The van der Waals surface area contributed by atoms with Crippen molar-refractivity contribution in [2.24, 2.45) is 0 Å². The van der Waals surface area contributed by atoms with E-state index in [2.05, 4.69) is 5.16 Å². The first-order valence-corrected chi connectivity index (χ1v) is 2.84. The van der Waals surface area contributed by atoms with Gasteiger partial charge in [-0.15, -0.1) is 0 Å². The van der Waals surface area contributed by atoms with Gasteiger partial charge >= 0.3 is 0 Å². The number of hydrogen-bond donors (Lipinski definition) is 0. The molecule has 0 radical (unpaired) electrons. The van der Waals surface area contributed by atoms with Crippen LogP contribution < -0.4 is 0 Å². The van der Waals surface area contributed by atoms with Crippen molar-refractivity contribution < 1.29 is 4.52 Å². The van der Waals surface area contributed by atoms with Gasteiger partial charge in [-0.05, 0) is 19.9 Å². The average Bonchev–Trinajstić information content (AvgIpc) is 2.15. The minimum atomic E-state index is 0.815. The van der Waals surface area contributed by atoms with Gasteiger partial charge in [-0.25, -0.2) is 0 Å². The van der Waals surface area contributed by atoms with E-state index in [0.717, 1.165) is 5.76 Å². The summed E-state index contributed by atoms with van der Waals surface area (Å²) in [5.41, 5.74) is 1.21. The molecule has 9 heavy (non-hydrogen) atoms. The maximum Gasteiger partial charge on any atom is 0.159 e. The lowest BCUT2D eigenvalue weighted by molar-refractivity contribution is 0.412. The highest BCUT2D eigenvalue weighted by Crippen LogP contribution is 2.02. The van der Waals surface area contributed by atoms with E-state index < -0.39 is 0 Å². The summed E-state index contributed by atoms with van der Waals surface area (Å²) in [6.45, 7) is 4.03. The number of hydrogen-bond acceptors (Lipinski definition) is 2. The van der Waals surface area contributed by atoms with Gasteiger partial charge in [0.1, 0.15) is 0 Å². The Hall–Kier alpha value is -1.05. The molecular formula is C7H9NO. The Bertz CT molecular complexity index is 195. The van der Waals surface area contributed by atoms with Crippen LogP contribution in [0.25, 0.3) is 6.08 Å². The lowest BCUT2D eigenvalue weighted by Gasteiger charge is -1.82. The third-order valence-electron chi connectivity index (χ3n) is 0.889. The molecule has 0 bridgehead atoms. The van der Waals surface area contributed by atoms with Gasteiger partial charge in [0.05, 0.1) is 6.20 Å². The van der Waals surface area contributed by atoms with E-state index in [0.29, 0.717) is 0 Å². The molecule has 0 unspecified atom stereocenters. The summed E-state index contributed by atoms with van der Waals surface area (Å²) in [6.07, 6.45) is 3.57. The topological polar surface area (TPSA) is 26.0 Å². The molecule has 0 N–H and O–H groups in total. The summed E-state index contributed by atoms with van der Waals surface area (Å²) >= 11 is 0. The molecule has 0 aliphatic rings. The molecule has 1 rings (SSSR count). The van der Waals surface area contributed by atoms with Crippen LogP contribution >= 0.6 is 0 Å². The summed E-state index contributed by atoms with van der Waals surface area (Å²) in [7, 11) is 0.